The molecule has 1 nitrogen and oxygen atoms in total. The third-order valence-corrected chi connectivity index (χ3v) is 3.39. The summed E-state index contributed by atoms with van der Waals surface area (Å²) in [5.74, 6) is 0.341. The molecule has 0 saturated carbocycles. The Morgan fingerprint density at radius 3 is 1.67 bits per heavy atom. The van der Waals surface area contributed by atoms with Gasteiger partial charge < -0.3 is 4.79 Å². The van der Waals surface area contributed by atoms with Crippen molar-refractivity contribution in [1.29, 1.82) is 0 Å². The Kier molecular flexibility index (Phi) is 14.0. The highest BCUT2D eigenvalue weighted by atomic mass is 16.1. The monoisotopic (exact) mass is 252 g/mol. The van der Waals surface area contributed by atoms with E-state index in [0.717, 1.165) is 12.8 Å². The lowest BCUT2D eigenvalue weighted by atomic mass is 10.0. The van der Waals surface area contributed by atoms with Crippen molar-refractivity contribution >= 4 is 5.78 Å². The lowest BCUT2D eigenvalue weighted by Gasteiger charge is -2.02. The predicted octanol–water partition coefficient (Wildman–Crippen LogP) is 5.83. The summed E-state index contributed by atoms with van der Waals surface area (Å²) in [7, 11) is 0. The smallest absolute Gasteiger partial charge is 0.129 e. The number of carbonyl (C=O) groups is 1. The second-order valence-electron chi connectivity index (χ2n) is 5.35. The van der Waals surface area contributed by atoms with Crippen LogP contribution in [0.25, 0.3) is 0 Å². The van der Waals surface area contributed by atoms with Gasteiger partial charge in [-0.05, 0) is 33.1 Å². The fraction of sp³-hybridized carbons (Fsp3) is 0.824. The van der Waals surface area contributed by atoms with Crippen LogP contribution in [0.15, 0.2) is 12.2 Å². The summed E-state index contributed by atoms with van der Waals surface area (Å²) in [5.41, 5.74) is 0. The van der Waals surface area contributed by atoms with Crippen molar-refractivity contribution in [1.82, 2.24) is 0 Å². The van der Waals surface area contributed by atoms with Crippen molar-refractivity contribution in [3.63, 3.8) is 0 Å². The molecule has 0 rings (SSSR count). The molecule has 0 aliphatic rings. The van der Waals surface area contributed by atoms with E-state index in [1.54, 1.807) is 6.92 Å². The Morgan fingerprint density at radius 2 is 1.22 bits per heavy atom. The Balaban J connectivity index is 2.96. The molecule has 1 heteroatoms. The van der Waals surface area contributed by atoms with Gasteiger partial charge in [-0.15, -0.1) is 0 Å². The first-order valence-corrected chi connectivity index (χ1v) is 7.88. The number of hydrogen-bond acceptors (Lipinski definition) is 1. The molecule has 0 aromatic heterocycles. The van der Waals surface area contributed by atoms with Crippen molar-refractivity contribution in [3.8, 4) is 0 Å². The first-order valence-electron chi connectivity index (χ1n) is 7.88. The average Bonchev–Trinajstić information content (AvgIpc) is 2.34. The SMILES string of the molecule is C/C=C/CCCCCCCCCCCCC(C)=O. The molecule has 0 spiro atoms. The van der Waals surface area contributed by atoms with Gasteiger partial charge in [-0.2, -0.15) is 0 Å². The van der Waals surface area contributed by atoms with Gasteiger partial charge in [0.25, 0.3) is 0 Å². The summed E-state index contributed by atoms with van der Waals surface area (Å²) in [4.78, 5) is 10.7. The Hall–Kier alpha value is -0.590. The lowest BCUT2D eigenvalue weighted by Crippen LogP contribution is -1.89. The van der Waals surface area contributed by atoms with Crippen molar-refractivity contribution in [2.24, 2.45) is 0 Å². The molecule has 0 N–H and O–H groups in total. The summed E-state index contributed by atoms with van der Waals surface area (Å²) < 4.78 is 0. The van der Waals surface area contributed by atoms with Crippen LogP contribution in [0.4, 0.5) is 0 Å². The van der Waals surface area contributed by atoms with E-state index in [4.69, 9.17) is 0 Å². The number of unbranched alkanes of at least 4 members (excludes halogenated alkanes) is 10. The van der Waals surface area contributed by atoms with Gasteiger partial charge in [-0.25, -0.2) is 0 Å². The van der Waals surface area contributed by atoms with E-state index in [1.165, 1.54) is 64.2 Å². The molecule has 106 valence electrons. The Morgan fingerprint density at radius 1 is 0.778 bits per heavy atom. The highest BCUT2D eigenvalue weighted by molar-refractivity contribution is 5.75. The maximum Gasteiger partial charge on any atom is 0.129 e. The van der Waals surface area contributed by atoms with E-state index in [1.807, 2.05) is 0 Å². The molecule has 0 heterocycles. The first kappa shape index (κ1) is 17.4. The number of ketones is 1. The van der Waals surface area contributed by atoms with Gasteiger partial charge in [-0.3, -0.25) is 0 Å². The molecule has 0 radical (unpaired) electrons. The van der Waals surface area contributed by atoms with Crippen LogP contribution in [-0.4, -0.2) is 5.78 Å². The van der Waals surface area contributed by atoms with Crippen molar-refractivity contribution < 1.29 is 4.79 Å². The van der Waals surface area contributed by atoms with E-state index in [2.05, 4.69) is 19.1 Å². The molecular weight excluding hydrogens is 220 g/mol. The zero-order valence-corrected chi connectivity index (χ0v) is 12.5. The minimum atomic E-state index is 0.341. The summed E-state index contributed by atoms with van der Waals surface area (Å²) in [6.07, 6.45) is 19.8. The largest absolute Gasteiger partial charge is 0.300 e. The van der Waals surface area contributed by atoms with Crippen LogP contribution in [0.1, 0.15) is 90.9 Å². The van der Waals surface area contributed by atoms with Crippen LogP contribution in [-0.2, 0) is 4.79 Å². The molecule has 0 aromatic carbocycles. The number of hydrogen-bond donors (Lipinski definition) is 0. The fourth-order valence-corrected chi connectivity index (χ4v) is 2.22. The number of carbonyl (C=O) groups excluding carboxylic acids is 1. The molecular formula is C17H32O. The van der Waals surface area contributed by atoms with Gasteiger partial charge in [0.1, 0.15) is 5.78 Å². The van der Waals surface area contributed by atoms with E-state index < -0.39 is 0 Å². The molecule has 0 amide bonds. The Labute approximate surface area is 114 Å². The van der Waals surface area contributed by atoms with E-state index >= 15 is 0 Å². The number of allylic oxidation sites excluding steroid dienone is 2. The van der Waals surface area contributed by atoms with Crippen molar-refractivity contribution in [3.05, 3.63) is 12.2 Å². The zero-order chi connectivity index (χ0) is 13.5. The molecule has 0 aromatic rings. The van der Waals surface area contributed by atoms with Crippen molar-refractivity contribution in [2.45, 2.75) is 90.9 Å². The molecule has 0 aliphatic heterocycles. The van der Waals surface area contributed by atoms with Crippen molar-refractivity contribution in [2.75, 3.05) is 0 Å². The zero-order valence-electron chi connectivity index (χ0n) is 12.5. The van der Waals surface area contributed by atoms with Crippen LogP contribution >= 0.6 is 0 Å². The summed E-state index contributed by atoms with van der Waals surface area (Å²) >= 11 is 0. The molecule has 0 fully saturated rings. The molecule has 0 bridgehead atoms. The van der Waals surface area contributed by atoms with Gasteiger partial charge in [0.2, 0.25) is 0 Å². The van der Waals surface area contributed by atoms with Gasteiger partial charge in [0.05, 0.1) is 0 Å². The molecule has 0 unspecified atom stereocenters. The lowest BCUT2D eigenvalue weighted by molar-refractivity contribution is -0.117. The number of Topliss-reactive ketones (excluding diaryl/α,β-unsaturated/α-hetero) is 1. The van der Waals surface area contributed by atoms with Crippen LogP contribution in [0, 0.1) is 0 Å². The maximum absolute atomic E-state index is 10.7. The standard InChI is InChI=1S/C17H32O/c1-3-4-5-6-7-8-9-10-11-12-13-14-15-16-17(2)18/h3-4H,5-16H2,1-2H3/b4-3+. The first-order chi connectivity index (χ1) is 8.77. The second kappa shape index (κ2) is 14.5. The van der Waals surface area contributed by atoms with Crippen LogP contribution in [0.2, 0.25) is 0 Å². The highest BCUT2D eigenvalue weighted by Gasteiger charge is 1.95. The summed E-state index contributed by atoms with van der Waals surface area (Å²) in [6.45, 7) is 3.78. The quantitative estimate of drug-likeness (QED) is 0.297. The third kappa shape index (κ3) is 15.4. The summed E-state index contributed by atoms with van der Waals surface area (Å²) in [6, 6.07) is 0. The predicted molar refractivity (Wildman–Crippen MR) is 80.9 cm³/mol. The molecule has 0 aliphatic carbocycles. The molecule has 18 heavy (non-hydrogen) atoms. The topological polar surface area (TPSA) is 17.1 Å². The fourth-order valence-electron chi connectivity index (χ4n) is 2.22. The van der Waals surface area contributed by atoms with Gasteiger partial charge in [0.15, 0.2) is 0 Å². The minimum Gasteiger partial charge on any atom is -0.300 e. The van der Waals surface area contributed by atoms with Gasteiger partial charge >= 0.3 is 0 Å². The van der Waals surface area contributed by atoms with E-state index in [-0.39, 0.29) is 0 Å². The van der Waals surface area contributed by atoms with Gasteiger partial charge in [0, 0.05) is 6.42 Å². The normalized spacial score (nSPS) is 11.2. The van der Waals surface area contributed by atoms with Crippen LogP contribution < -0.4 is 0 Å². The average molecular weight is 252 g/mol. The van der Waals surface area contributed by atoms with E-state index in [0.29, 0.717) is 5.78 Å². The van der Waals surface area contributed by atoms with E-state index in [9.17, 15) is 4.79 Å². The van der Waals surface area contributed by atoms with Crippen LogP contribution in [0.5, 0.6) is 0 Å². The third-order valence-electron chi connectivity index (χ3n) is 3.39. The Bertz CT molecular complexity index is 206. The molecule has 0 atom stereocenters. The maximum atomic E-state index is 10.7. The minimum absolute atomic E-state index is 0.341. The highest BCUT2D eigenvalue weighted by Crippen LogP contribution is 2.12. The van der Waals surface area contributed by atoms with Crippen LogP contribution in [0.3, 0.4) is 0 Å². The summed E-state index contributed by atoms with van der Waals surface area (Å²) in [5, 5.41) is 0. The van der Waals surface area contributed by atoms with Gasteiger partial charge in [-0.1, -0.05) is 63.5 Å². The molecule has 0 saturated heterocycles. The number of rotatable bonds is 13. The second-order valence-corrected chi connectivity index (χ2v) is 5.35.